The lowest BCUT2D eigenvalue weighted by Crippen LogP contribution is -2.43. The lowest BCUT2D eigenvalue weighted by molar-refractivity contribution is 0.0846. The third kappa shape index (κ3) is 2.99. The van der Waals surface area contributed by atoms with E-state index in [4.69, 9.17) is 23.2 Å². The topological polar surface area (TPSA) is 15.3 Å². The minimum absolute atomic E-state index is 0.438. The summed E-state index contributed by atoms with van der Waals surface area (Å²) >= 11 is 12.5. The van der Waals surface area contributed by atoms with Crippen LogP contribution in [0.5, 0.6) is 0 Å². The molecule has 1 aromatic carbocycles. The second-order valence-corrected chi connectivity index (χ2v) is 6.88. The highest BCUT2D eigenvalue weighted by Gasteiger charge is 2.40. The third-order valence-electron chi connectivity index (χ3n) is 4.56. The van der Waals surface area contributed by atoms with E-state index in [0.717, 1.165) is 22.6 Å². The third-order valence-corrected chi connectivity index (χ3v) is 5.12. The van der Waals surface area contributed by atoms with Gasteiger partial charge < -0.3 is 5.32 Å². The van der Waals surface area contributed by atoms with E-state index in [-0.39, 0.29) is 0 Å². The quantitative estimate of drug-likeness (QED) is 0.899. The molecule has 0 spiro atoms. The van der Waals surface area contributed by atoms with Crippen LogP contribution in [0.25, 0.3) is 0 Å². The number of likely N-dealkylation sites (tertiary alicyclic amines) is 1. The average molecular weight is 313 g/mol. The van der Waals surface area contributed by atoms with Crippen molar-refractivity contribution in [3.05, 3.63) is 33.8 Å². The maximum Gasteiger partial charge on any atom is 0.0468 e. The zero-order chi connectivity index (χ0) is 14.1. The average Bonchev–Trinajstić information content (AvgIpc) is 3.24. The van der Waals surface area contributed by atoms with Gasteiger partial charge >= 0.3 is 0 Å². The van der Waals surface area contributed by atoms with Crippen molar-refractivity contribution in [2.24, 2.45) is 5.92 Å². The lowest BCUT2D eigenvalue weighted by atomic mass is 9.84. The summed E-state index contributed by atoms with van der Waals surface area (Å²) in [6.07, 6.45) is 5.25. The molecule has 0 bridgehead atoms. The second kappa shape index (κ2) is 6.23. The van der Waals surface area contributed by atoms with Crippen molar-refractivity contribution >= 4 is 23.2 Å². The number of nitrogens with zero attached hydrogens (tertiary/aromatic N) is 1. The molecule has 0 amide bonds. The van der Waals surface area contributed by atoms with Crippen LogP contribution in [-0.2, 0) is 0 Å². The van der Waals surface area contributed by atoms with E-state index in [9.17, 15) is 0 Å². The first kappa shape index (κ1) is 14.6. The highest BCUT2D eigenvalue weighted by atomic mass is 35.5. The van der Waals surface area contributed by atoms with Crippen molar-refractivity contribution in [3.63, 3.8) is 0 Å². The van der Waals surface area contributed by atoms with Gasteiger partial charge in [0.05, 0.1) is 0 Å². The summed E-state index contributed by atoms with van der Waals surface area (Å²) in [5.41, 5.74) is 1.25. The summed E-state index contributed by atoms with van der Waals surface area (Å²) in [5.74, 6) is 0.632. The normalized spacial score (nSPS) is 27.8. The summed E-state index contributed by atoms with van der Waals surface area (Å²) in [5, 5.41) is 4.89. The zero-order valence-electron chi connectivity index (χ0n) is 11.9. The Balaban J connectivity index is 1.93. The van der Waals surface area contributed by atoms with Crippen molar-refractivity contribution < 1.29 is 0 Å². The molecule has 0 radical (unpaired) electrons. The molecule has 2 nitrogen and oxygen atoms in total. The van der Waals surface area contributed by atoms with Crippen LogP contribution in [-0.4, -0.2) is 31.1 Å². The van der Waals surface area contributed by atoms with E-state index in [1.165, 1.54) is 37.8 Å². The molecule has 1 saturated carbocycles. The highest BCUT2D eigenvalue weighted by molar-refractivity contribution is 6.35. The molecule has 4 heteroatoms. The van der Waals surface area contributed by atoms with Crippen molar-refractivity contribution in [2.45, 2.75) is 37.8 Å². The van der Waals surface area contributed by atoms with Crippen LogP contribution in [0.4, 0.5) is 0 Å². The SMILES string of the molecule is CNCC1CCCN(C2CC2)C1c1ccc(Cl)cc1Cl. The number of halogens is 2. The predicted molar refractivity (Wildman–Crippen MR) is 85.6 cm³/mol. The number of rotatable bonds is 4. The molecule has 1 aliphatic heterocycles. The van der Waals surface area contributed by atoms with Crippen molar-refractivity contribution in [3.8, 4) is 0 Å². The molecule has 3 rings (SSSR count). The summed E-state index contributed by atoms with van der Waals surface area (Å²) < 4.78 is 0. The maximum absolute atomic E-state index is 6.49. The van der Waals surface area contributed by atoms with Gasteiger partial charge in [-0.3, -0.25) is 4.90 Å². The molecule has 110 valence electrons. The van der Waals surface area contributed by atoms with Gasteiger partial charge in [0, 0.05) is 22.1 Å². The molecule has 1 N–H and O–H groups in total. The van der Waals surface area contributed by atoms with E-state index >= 15 is 0 Å². The van der Waals surface area contributed by atoms with Crippen LogP contribution in [0.1, 0.15) is 37.3 Å². The molecule has 2 unspecified atom stereocenters. The van der Waals surface area contributed by atoms with Crippen LogP contribution in [0.15, 0.2) is 18.2 Å². The predicted octanol–water partition coefficient (Wildman–Crippen LogP) is 4.13. The Bertz CT molecular complexity index is 472. The van der Waals surface area contributed by atoms with Crippen LogP contribution in [0.3, 0.4) is 0 Å². The minimum atomic E-state index is 0.438. The molecule has 1 aliphatic carbocycles. The first-order valence-corrected chi connectivity index (χ1v) is 8.31. The van der Waals surface area contributed by atoms with Gasteiger partial charge in [-0.2, -0.15) is 0 Å². The van der Waals surface area contributed by atoms with Gasteiger partial charge in [0.25, 0.3) is 0 Å². The minimum Gasteiger partial charge on any atom is -0.319 e. The van der Waals surface area contributed by atoms with Gasteiger partial charge in [-0.05, 0) is 69.4 Å². The largest absolute Gasteiger partial charge is 0.319 e. The lowest BCUT2D eigenvalue weighted by Gasteiger charge is -2.42. The highest BCUT2D eigenvalue weighted by Crippen LogP contribution is 2.44. The van der Waals surface area contributed by atoms with Crippen LogP contribution >= 0.6 is 23.2 Å². The van der Waals surface area contributed by atoms with Gasteiger partial charge in [0.1, 0.15) is 0 Å². The summed E-state index contributed by atoms with van der Waals surface area (Å²) in [6, 6.07) is 7.19. The Labute approximate surface area is 131 Å². The van der Waals surface area contributed by atoms with Gasteiger partial charge in [-0.15, -0.1) is 0 Å². The van der Waals surface area contributed by atoms with Crippen LogP contribution in [0.2, 0.25) is 10.0 Å². The fourth-order valence-corrected chi connectivity index (χ4v) is 4.09. The first-order valence-electron chi connectivity index (χ1n) is 7.56. The van der Waals surface area contributed by atoms with Crippen molar-refractivity contribution in [1.82, 2.24) is 10.2 Å². The number of nitrogens with one attached hydrogen (secondary N) is 1. The second-order valence-electron chi connectivity index (χ2n) is 6.04. The smallest absolute Gasteiger partial charge is 0.0468 e. The van der Waals surface area contributed by atoms with Crippen LogP contribution < -0.4 is 5.32 Å². The Morgan fingerprint density at radius 1 is 1.25 bits per heavy atom. The van der Waals surface area contributed by atoms with Gasteiger partial charge in [-0.1, -0.05) is 29.3 Å². The summed E-state index contributed by atoms with van der Waals surface area (Å²) in [7, 11) is 2.04. The molecule has 1 aromatic rings. The number of piperidine rings is 1. The molecule has 20 heavy (non-hydrogen) atoms. The summed E-state index contributed by atoms with van der Waals surface area (Å²) in [4.78, 5) is 2.68. The summed E-state index contributed by atoms with van der Waals surface area (Å²) in [6.45, 7) is 2.25. The van der Waals surface area contributed by atoms with Gasteiger partial charge in [-0.25, -0.2) is 0 Å². The maximum atomic E-state index is 6.49. The van der Waals surface area contributed by atoms with E-state index in [0.29, 0.717) is 12.0 Å². The van der Waals surface area contributed by atoms with E-state index in [2.05, 4.69) is 16.3 Å². The number of hydrogen-bond acceptors (Lipinski definition) is 2. The molecule has 1 saturated heterocycles. The van der Waals surface area contributed by atoms with E-state index in [1.54, 1.807) is 0 Å². The Hall–Kier alpha value is -0.280. The van der Waals surface area contributed by atoms with E-state index < -0.39 is 0 Å². The monoisotopic (exact) mass is 312 g/mol. The van der Waals surface area contributed by atoms with Crippen LogP contribution in [0, 0.1) is 5.92 Å². The molecule has 0 aromatic heterocycles. The number of benzene rings is 1. The Kier molecular flexibility index (Phi) is 4.56. The standard InChI is InChI=1S/C16H22Cl2N2/c1-19-10-11-3-2-8-20(13-5-6-13)16(11)14-7-4-12(17)9-15(14)18/h4,7,9,11,13,16,19H,2-3,5-6,8,10H2,1H3. The molecule has 2 aliphatic rings. The fourth-order valence-electron chi connectivity index (χ4n) is 3.57. The molecular formula is C16H22Cl2N2. The molecule has 1 heterocycles. The van der Waals surface area contributed by atoms with Gasteiger partial charge in [0.15, 0.2) is 0 Å². The van der Waals surface area contributed by atoms with Gasteiger partial charge in [0.2, 0.25) is 0 Å². The fraction of sp³-hybridized carbons (Fsp3) is 0.625. The van der Waals surface area contributed by atoms with Crippen molar-refractivity contribution in [2.75, 3.05) is 20.1 Å². The van der Waals surface area contributed by atoms with Crippen molar-refractivity contribution in [1.29, 1.82) is 0 Å². The Morgan fingerprint density at radius 2 is 2.05 bits per heavy atom. The Morgan fingerprint density at radius 3 is 2.70 bits per heavy atom. The molecule has 2 fully saturated rings. The molecule has 2 atom stereocenters. The van der Waals surface area contributed by atoms with E-state index in [1.807, 2.05) is 19.2 Å². The molecular weight excluding hydrogens is 291 g/mol. The first-order chi connectivity index (χ1) is 9.70. The zero-order valence-corrected chi connectivity index (χ0v) is 13.4. The number of hydrogen-bond donors (Lipinski definition) is 1.